The highest BCUT2D eigenvalue weighted by molar-refractivity contribution is 7.09. The third kappa shape index (κ3) is 2.87. The zero-order chi connectivity index (χ0) is 10.7. The molecule has 2 heterocycles. The number of thiazole rings is 1. The quantitative estimate of drug-likeness (QED) is 0.838. The smallest absolute Gasteiger partial charge is 0.134 e. The Kier molecular flexibility index (Phi) is 3.13. The summed E-state index contributed by atoms with van der Waals surface area (Å²) in [5.41, 5.74) is 1.01. The van der Waals surface area contributed by atoms with Crippen LogP contribution in [0.5, 0.6) is 0 Å². The maximum Gasteiger partial charge on any atom is 0.134 e. The van der Waals surface area contributed by atoms with Crippen molar-refractivity contribution < 1.29 is 0 Å². The summed E-state index contributed by atoms with van der Waals surface area (Å²) in [4.78, 5) is 12.2. The molecule has 0 aliphatic rings. The van der Waals surface area contributed by atoms with E-state index < -0.39 is 0 Å². The van der Waals surface area contributed by atoms with Gasteiger partial charge in [0, 0.05) is 11.4 Å². The number of nitrogens with zero attached hydrogens (tertiary/aromatic N) is 3. The van der Waals surface area contributed by atoms with Gasteiger partial charge in [-0.2, -0.15) is 0 Å². The van der Waals surface area contributed by atoms with E-state index in [4.69, 9.17) is 11.6 Å². The fourth-order valence-electron chi connectivity index (χ4n) is 1.10. The minimum atomic E-state index is 0.432. The van der Waals surface area contributed by atoms with Crippen molar-refractivity contribution >= 4 is 28.8 Å². The van der Waals surface area contributed by atoms with Crippen LogP contribution in [0.15, 0.2) is 17.8 Å². The molecular weight excluding hydrogens is 232 g/mol. The lowest BCUT2D eigenvalue weighted by Crippen LogP contribution is -2.01. The molecule has 78 valence electrons. The summed E-state index contributed by atoms with van der Waals surface area (Å²) in [6.45, 7) is 2.63. The average Bonchev–Trinajstić information content (AvgIpc) is 2.62. The summed E-state index contributed by atoms with van der Waals surface area (Å²) in [5, 5.41) is 6.64. The van der Waals surface area contributed by atoms with Gasteiger partial charge in [-0.1, -0.05) is 11.6 Å². The third-order valence-electron chi connectivity index (χ3n) is 1.75. The lowest BCUT2D eigenvalue weighted by molar-refractivity contribution is 1.03. The Bertz CT molecular complexity index is 457. The number of halogens is 1. The lowest BCUT2D eigenvalue weighted by Gasteiger charge is -2.02. The minimum Gasteiger partial charge on any atom is -0.364 e. The number of aryl methyl sites for hydroxylation is 1. The van der Waals surface area contributed by atoms with Gasteiger partial charge in [0.25, 0.3) is 0 Å². The number of aromatic nitrogens is 3. The first-order chi connectivity index (χ1) is 7.24. The van der Waals surface area contributed by atoms with Crippen LogP contribution in [0.2, 0.25) is 5.15 Å². The van der Waals surface area contributed by atoms with Crippen LogP contribution in [-0.4, -0.2) is 15.0 Å². The first kappa shape index (κ1) is 10.3. The summed E-state index contributed by atoms with van der Waals surface area (Å²) in [7, 11) is 0. The van der Waals surface area contributed by atoms with Gasteiger partial charge in [0.15, 0.2) is 0 Å². The summed E-state index contributed by atoms with van der Waals surface area (Å²) < 4.78 is 0. The van der Waals surface area contributed by atoms with Gasteiger partial charge >= 0.3 is 0 Å². The highest BCUT2D eigenvalue weighted by Gasteiger charge is 1.99. The van der Waals surface area contributed by atoms with Gasteiger partial charge < -0.3 is 5.32 Å². The predicted molar refractivity (Wildman–Crippen MR) is 61.2 cm³/mol. The molecule has 0 aliphatic carbocycles. The van der Waals surface area contributed by atoms with Crippen LogP contribution >= 0.6 is 22.9 Å². The summed E-state index contributed by atoms with van der Waals surface area (Å²) in [6.07, 6.45) is 1.43. The second-order valence-electron chi connectivity index (χ2n) is 2.94. The Morgan fingerprint density at radius 3 is 3.00 bits per heavy atom. The van der Waals surface area contributed by atoms with Crippen molar-refractivity contribution in [1.82, 2.24) is 15.0 Å². The molecule has 0 aromatic carbocycles. The Labute approximate surface area is 96.4 Å². The van der Waals surface area contributed by atoms with Crippen LogP contribution in [-0.2, 0) is 6.54 Å². The molecule has 1 N–H and O–H groups in total. The summed E-state index contributed by atoms with van der Waals surface area (Å²) >= 11 is 7.36. The normalized spacial score (nSPS) is 10.3. The van der Waals surface area contributed by atoms with E-state index in [0.717, 1.165) is 10.7 Å². The molecule has 4 nitrogen and oxygen atoms in total. The van der Waals surface area contributed by atoms with Gasteiger partial charge in [-0.05, 0) is 6.92 Å². The predicted octanol–water partition coefficient (Wildman–Crippen LogP) is 2.51. The van der Waals surface area contributed by atoms with E-state index in [1.54, 1.807) is 17.4 Å². The number of anilines is 1. The molecule has 6 heteroatoms. The molecule has 0 saturated carbocycles. The van der Waals surface area contributed by atoms with Crippen LogP contribution in [0.4, 0.5) is 5.82 Å². The molecule has 0 bridgehead atoms. The maximum absolute atomic E-state index is 5.73. The summed E-state index contributed by atoms with van der Waals surface area (Å²) in [5.74, 6) is 0.709. The van der Waals surface area contributed by atoms with Crippen LogP contribution in [0, 0.1) is 6.92 Å². The molecular formula is C9H9ClN4S. The third-order valence-corrected chi connectivity index (χ3v) is 2.78. The van der Waals surface area contributed by atoms with E-state index in [2.05, 4.69) is 20.3 Å². The van der Waals surface area contributed by atoms with Crippen LogP contribution in [0.25, 0.3) is 0 Å². The van der Waals surface area contributed by atoms with E-state index in [1.165, 1.54) is 6.33 Å². The van der Waals surface area contributed by atoms with Gasteiger partial charge in [0.2, 0.25) is 0 Å². The molecule has 2 aromatic rings. The van der Waals surface area contributed by atoms with E-state index in [9.17, 15) is 0 Å². The number of rotatable bonds is 3. The largest absolute Gasteiger partial charge is 0.364 e. The molecule has 0 fully saturated rings. The van der Waals surface area contributed by atoms with E-state index in [1.807, 2.05) is 12.3 Å². The second kappa shape index (κ2) is 4.55. The molecule has 2 aromatic heterocycles. The van der Waals surface area contributed by atoms with Crippen LogP contribution in [0.1, 0.15) is 10.7 Å². The van der Waals surface area contributed by atoms with Gasteiger partial charge in [0.05, 0.1) is 17.2 Å². The van der Waals surface area contributed by atoms with Crippen molar-refractivity contribution in [2.45, 2.75) is 13.5 Å². The highest BCUT2D eigenvalue weighted by Crippen LogP contribution is 2.12. The standard InChI is InChI=1S/C9H9ClN4S/c1-6-14-7(4-15-6)3-11-9-2-8(10)12-5-13-9/h2,4-5H,3H2,1H3,(H,11,12,13). The number of hydrogen-bond donors (Lipinski definition) is 1. The Hall–Kier alpha value is -1.20. The topological polar surface area (TPSA) is 50.7 Å². The molecule has 0 atom stereocenters. The van der Waals surface area contributed by atoms with Crippen LogP contribution in [0.3, 0.4) is 0 Å². The Morgan fingerprint density at radius 2 is 2.33 bits per heavy atom. The first-order valence-electron chi connectivity index (χ1n) is 4.36. The molecule has 15 heavy (non-hydrogen) atoms. The molecule has 0 aliphatic heterocycles. The number of nitrogens with one attached hydrogen (secondary N) is 1. The summed E-state index contributed by atoms with van der Waals surface area (Å²) in [6, 6.07) is 1.68. The lowest BCUT2D eigenvalue weighted by atomic mass is 10.4. The van der Waals surface area contributed by atoms with Gasteiger partial charge in [0.1, 0.15) is 17.3 Å². The molecule has 0 radical (unpaired) electrons. The van der Waals surface area contributed by atoms with Crippen molar-refractivity contribution in [3.8, 4) is 0 Å². The van der Waals surface area contributed by atoms with Gasteiger partial charge in [-0.15, -0.1) is 11.3 Å². The van der Waals surface area contributed by atoms with E-state index in [-0.39, 0.29) is 0 Å². The SMILES string of the molecule is Cc1nc(CNc2cc(Cl)ncn2)cs1. The molecule has 0 saturated heterocycles. The maximum atomic E-state index is 5.73. The molecule has 0 spiro atoms. The van der Waals surface area contributed by atoms with Crippen molar-refractivity contribution in [3.05, 3.63) is 33.6 Å². The van der Waals surface area contributed by atoms with Crippen molar-refractivity contribution in [1.29, 1.82) is 0 Å². The zero-order valence-corrected chi connectivity index (χ0v) is 9.64. The van der Waals surface area contributed by atoms with Gasteiger partial charge in [-0.25, -0.2) is 15.0 Å². The molecule has 0 unspecified atom stereocenters. The Morgan fingerprint density at radius 1 is 1.47 bits per heavy atom. The second-order valence-corrected chi connectivity index (χ2v) is 4.39. The number of hydrogen-bond acceptors (Lipinski definition) is 5. The average molecular weight is 241 g/mol. The fraction of sp³-hybridized carbons (Fsp3) is 0.222. The highest BCUT2D eigenvalue weighted by atomic mass is 35.5. The van der Waals surface area contributed by atoms with E-state index in [0.29, 0.717) is 17.5 Å². The van der Waals surface area contributed by atoms with Gasteiger partial charge in [-0.3, -0.25) is 0 Å². The van der Waals surface area contributed by atoms with E-state index >= 15 is 0 Å². The monoisotopic (exact) mass is 240 g/mol. The van der Waals surface area contributed by atoms with Crippen molar-refractivity contribution in [2.75, 3.05) is 5.32 Å². The van der Waals surface area contributed by atoms with Crippen LogP contribution < -0.4 is 5.32 Å². The fourth-order valence-corrected chi connectivity index (χ4v) is 1.86. The first-order valence-corrected chi connectivity index (χ1v) is 5.62. The minimum absolute atomic E-state index is 0.432. The van der Waals surface area contributed by atoms with Crippen molar-refractivity contribution in [2.24, 2.45) is 0 Å². The molecule has 2 rings (SSSR count). The van der Waals surface area contributed by atoms with Crippen molar-refractivity contribution in [3.63, 3.8) is 0 Å². The Balaban J connectivity index is 1.99. The molecule has 0 amide bonds. The zero-order valence-electron chi connectivity index (χ0n) is 8.07.